The molecule has 2 aliphatic rings. The second-order valence-corrected chi connectivity index (χ2v) is 6.29. The van der Waals surface area contributed by atoms with Gasteiger partial charge in [0.05, 0.1) is 12.0 Å². The number of hydrogen-bond acceptors (Lipinski definition) is 3. The Bertz CT molecular complexity index is 380. The number of amides is 2. The molecule has 0 spiro atoms. The van der Waals surface area contributed by atoms with Crippen LogP contribution in [0.15, 0.2) is 0 Å². The van der Waals surface area contributed by atoms with E-state index in [0.29, 0.717) is 6.54 Å². The molecule has 0 radical (unpaired) electrons. The van der Waals surface area contributed by atoms with Gasteiger partial charge in [-0.2, -0.15) is 0 Å². The molecule has 114 valence electrons. The van der Waals surface area contributed by atoms with Crippen molar-refractivity contribution in [3.8, 4) is 0 Å². The fourth-order valence-corrected chi connectivity index (χ4v) is 3.43. The minimum absolute atomic E-state index is 0.0286. The normalized spacial score (nSPS) is 26.5. The van der Waals surface area contributed by atoms with Crippen LogP contribution in [-0.4, -0.2) is 65.2 Å². The van der Waals surface area contributed by atoms with Crippen molar-refractivity contribution in [1.29, 1.82) is 0 Å². The van der Waals surface area contributed by atoms with Crippen LogP contribution >= 0.6 is 0 Å². The fraction of sp³-hybridized carbons (Fsp3) is 0.857. The predicted molar refractivity (Wildman–Crippen MR) is 75.6 cm³/mol. The molecular formula is C14H25N3O3. The maximum Gasteiger partial charge on any atom is 0.318 e. The maximum absolute atomic E-state index is 12.5. The second kappa shape index (κ2) is 5.99. The van der Waals surface area contributed by atoms with Crippen LogP contribution in [0, 0.1) is 0 Å². The molecule has 1 heterocycles. The second-order valence-electron chi connectivity index (χ2n) is 6.29. The van der Waals surface area contributed by atoms with E-state index in [4.69, 9.17) is 5.11 Å². The van der Waals surface area contributed by atoms with Crippen molar-refractivity contribution in [2.75, 3.05) is 26.7 Å². The van der Waals surface area contributed by atoms with Crippen LogP contribution in [0.2, 0.25) is 0 Å². The lowest BCUT2D eigenvalue weighted by Gasteiger charge is -2.40. The van der Waals surface area contributed by atoms with Crippen molar-refractivity contribution in [2.45, 2.75) is 50.6 Å². The van der Waals surface area contributed by atoms with E-state index in [1.807, 2.05) is 11.8 Å². The van der Waals surface area contributed by atoms with E-state index in [1.54, 1.807) is 0 Å². The van der Waals surface area contributed by atoms with Crippen molar-refractivity contribution in [3.05, 3.63) is 0 Å². The zero-order valence-electron chi connectivity index (χ0n) is 12.4. The highest BCUT2D eigenvalue weighted by Gasteiger charge is 2.39. The number of urea groups is 1. The third-order valence-electron chi connectivity index (χ3n) is 4.51. The summed E-state index contributed by atoms with van der Waals surface area (Å²) in [6, 6.07) is 0.0609. The van der Waals surface area contributed by atoms with Crippen LogP contribution in [0.25, 0.3) is 0 Å². The van der Waals surface area contributed by atoms with Crippen LogP contribution in [0.1, 0.15) is 39.0 Å². The monoisotopic (exact) mass is 283 g/mol. The number of likely N-dealkylation sites (N-methyl/N-ethyl adjacent to an activating group) is 1. The minimum Gasteiger partial charge on any atom is -0.481 e. The number of carboxylic acids is 1. The summed E-state index contributed by atoms with van der Waals surface area (Å²) in [5.74, 6) is -0.835. The summed E-state index contributed by atoms with van der Waals surface area (Å²) in [6.07, 6.45) is 3.55. The van der Waals surface area contributed by atoms with E-state index >= 15 is 0 Å². The molecule has 0 bridgehead atoms. The molecule has 1 unspecified atom stereocenters. The Hall–Kier alpha value is -1.30. The quantitative estimate of drug-likeness (QED) is 0.814. The topological polar surface area (TPSA) is 72.9 Å². The van der Waals surface area contributed by atoms with E-state index in [2.05, 4.69) is 17.3 Å². The molecule has 6 heteroatoms. The number of nitrogens with one attached hydrogen (secondary N) is 1. The molecule has 1 atom stereocenters. The van der Waals surface area contributed by atoms with Crippen molar-refractivity contribution < 1.29 is 14.7 Å². The first-order chi connectivity index (χ1) is 9.42. The number of carbonyl (C=O) groups is 2. The molecular weight excluding hydrogens is 258 g/mol. The lowest BCUT2D eigenvalue weighted by atomic mass is 9.93. The Morgan fingerprint density at radius 3 is 2.50 bits per heavy atom. The molecule has 1 aliphatic carbocycles. The summed E-state index contributed by atoms with van der Waals surface area (Å²) < 4.78 is 0. The fourth-order valence-electron chi connectivity index (χ4n) is 3.43. The van der Waals surface area contributed by atoms with E-state index in [-0.39, 0.29) is 18.5 Å². The van der Waals surface area contributed by atoms with Crippen LogP contribution in [0.3, 0.4) is 0 Å². The van der Waals surface area contributed by atoms with Gasteiger partial charge in [0.1, 0.15) is 0 Å². The van der Waals surface area contributed by atoms with Gasteiger partial charge < -0.3 is 20.2 Å². The lowest BCUT2D eigenvalue weighted by Crippen LogP contribution is -2.59. The first-order valence-electron chi connectivity index (χ1n) is 7.41. The number of piperazine rings is 1. The SMILES string of the molecule is CC1CN(C)CCN1C(=O)NC1(CC(=O)O)CCCC1. The first-order valence-corrected chi connectivity index (χ1v) is 7.41. The number of aliphatic carboxylic acids is 1. The third-order valence-corrected chi connectivity index (χ3v) is 4.51. The highest BCUT2D eigenvalue weighted by atomic mass is 16.4. The van der Waals surface area contributed by atoms with E-state index in [0.717, 1.165) is 38.8 Å². The Balaban J connectivity index is 1.99. The largest absolute Gasteiger partial charge is 0.481 e. The molecule has 0 aromatic rings. The van der Waals surface area contributed by atoms with Gasteiger partial charge in [-0.05, 0) is 26.8 Å². The minimum atomic E-state index is -0.835. The summed E-state index contributed by atoms with van der Waals surface area (Å²) in [4.78, 5) is 27.6. The molecule has 1 saturated heterocycles. The summed E-state index contributed by atoms with van der Waals surface area (Å²) in [7, 11) is 2.05. The Labute approximate surface area is 120 Å². The van der Waals surface area contributed by atoms with Crippen molar-refractivity contribution in [1.82, 2.24) is 15.1 Å². The van der Waals surface area contributed by atoms with Crippen LogP contribution in [0.4, 0.5) is 4.79 Å². The van der Waals surface area contributed by atoms with Gasteiger partial charge in [-0.15, -0.1) is 0 Å². The number of carbonyl (C=O) groups excluding carboxylic acids is 1. The smallest absolute Gasteiger partial charge is 0.318 e. The molecule has 2 rings (SSSR count). The zero-order valence-corrected chi connectivity index (χ0v) is 12.4. The summed E-state index contributed by atoms with van der Waals surface area (Å²) in [6.45, 7) is 4.46. The van der Waals surface area contributed by atoms with Gasteiger partial charge in [0.15, 0.2) is 0 Å². The van der Waals surface area contributed by atoms with Crippen LogP contribution in [-0.2, 0) is 4.79 Å². The van der Waals surface area contributed by atoms with Gasteiger partial charge in [-0.1, -0.05) is 12.8 Å². The molecule has 2 fully saturated rings. The summed E-state index contributed by atoms with van der Waals surface area (Å²) >= 11 is 0. The molecule has 1 saturated carbocycles. The molecule has 1 aliphatic heterocycles. The summed E-state index contributed by atoms with van der Waals surface area (Å²) in [5, 5.41) is 12.1. The molecule has 2 N–H and O–H groups in total. The number of hydrogen-bond donors (Lipinski definition) is 2. The average Bonchev–Trinajstić information content (AvgIpc) is 2.75. The molecule has 0 aromatic heterocycles. The van der Waals surface area contributed by atoms with Gasteiger partial charge in [0.2, 0.25) is 0 Å². The highest BCUT2D eigenvalue weighted by molar-refractivity contribution is 5.77. The van der Waals surface area contributed by atoms with Crippen molar-refractivity contribution in [3.63, 3.8) is 0 Å². The van der Waals surface area contributed by atoms with E-state index in [1.165, 1.54) is 0 Å². The Morgan fingerprint density at radius 1 is 1.30 bits per heavy atom. The Kier molecular flexibility index (Phi) is 4.52. The lowest BCUT2D eigenvalue weighted by molar-refractivity contribution is -0.138. The molecule has 6 nitrogen and oxygen atoms in total. The average molecular weight is 283 g/mol. The van der Waals surface area contributed by atoms with E-state index < -0.39 is 11.5 Å². The number of carboxylic acid groups (broad SMARTS) is 1. The van der Waals surface area contributed by atoms with E-state index in [9.17, 15) is 9.59 Å². The molecule has 20 heavy (non-hydrogen) atoms. The predicted octanol–water partition coefficient (Wildman–Crippen LogP) is 1.12. The van der Waals surface area contributed by atoms with Crippen LogP contribution < -0.4 is 5.32 Å². The van der Waals surface area contributed by atoms with Gasteiger partial charge in [0, 0.05) is 25.7 Å². The first kappa shape index (κ1) is 15.1. The molecule has 0 aromatic carbocycles. The van der Waals surface area contributed by atoms with Gasteiger partial charge >= 0.3 is 12.0 Å². The number of nitrogens with zero attached hydrogens (tertiary/aromatic N) is 2. The standard InChI is InChI=1S/C14H25N3O3/c1-11-10-16(2)7-8-17(11)13(20)15-14(9-12(18)19)5-3-4-6-14/h11H,3-10H2,1-2H3,(H,15,20)(H,18,19). The van der Waals surface area contributed by atoms with Gasteiger partial charge in [0.25, 0.3) is 0 Å². The summed E-state index contributed by atoms with van der Waals surface area (Å²) in [5.41, 5.74) is -0.536. The van der Waals surface area contributed by atoms with Crippen molar-refractivity contribution >= 4 is 12.0 Å². The van der Waals surface area contributed by atoms with Crippen molar-refractivity contribution in [2.24, 2.45) is 0 Å². The van der Waals surface area contributed by atoms with Gasteiger partial charge in [-0.25, -0.2) is 4.79 Å². The zero-order chi connectivity index (χ0) is 14.8. The maximum atomic E-state index is 12.5. The van der Waals surface area contributed by atoms with Gasteiger partial charge in [-0.3, -0.25) is 4.79 Å². The third kappa shape index (κ3) is 3.42. The van der Waals surface area contributed by atoms with Crippen LogP contribution in [0.5, 0.6) is 0 Å². The Morgan fingerprint density at radius 2 is 1.95 bits per heavy atom. The number of rotatable bonds is 3. The highest BCUT2D eigenvalue weighted by Crippen LogP contribution is 2.33. The molecule has 2 amide bonds.